The molecule has 1 N–H and O–H groups in total. The van der Waals surface area contributed by atoms with Crippen molar-refractivity contribution in [3.05, 3.63) is 35.2 Å². The number of rotatable bonds is 4. The van der Waals surface area contributed by atoms with Crippen molar-refractivity contribution in [2.45, 2.75) is 32.4 Å². The maximum atomic E-state index is 12.2. The van der Waals surface area contributed by atoms with Crippen molar-refractivity contribution in [1.82, 2.24) is 10.2 Å². The largest absolute Gasteiger partial charge is 0.350 e. The van der Waals surface area contributed by atoms with Crippen molar-refractivity contribution in [2.24, 2.45) is 0 Å². The average Bonchev–Trinajstić information content (AvgIpc) is 3.11. The van der Waals surface area contributed by atoms with E-state index in [2.05, 4.69) is 28.9 Å². The van der Waals surface area contributed by atoms with Gasteiger partial charge in [0.25, 0.3) is 0 Å². The van der Waals surface area contributed by atoms with Gasteiger partial charge in [-0.25, -0.2) is 0 Å². The molecule has 1 aliphatic heterocycles. The van der Waals surface area contributed by atoms with Crippen molar-refractivity contribution in [3.63, 3.8) is 0 Å². The average molecular weight is 302 g/mol. The maximum absolute atomic E-state index is 12.2. The second-order valence-electron chi connectivity index (χ2n) is 5.38. The van der Waals surface area contributed by atoms with Crippen LogP contribution >= 0.6 is 11.3 Å². The summed E-state index contributed by atoms with van der Waals surface area (Å²) < 4.78 is 1.25. The third-order valence-corrected chi connectivity index (χ3v) is 4.84. The smallest absolute Gasteiger partial charge is 0.242 e. The van der Waals surface area contributed by atoms with Gasteiger partial charge in [0.05, 0.1) is 0 Å². The highest BCUT2D eigenvalue weighted by Crippen LogP contribution is 2.21. The molecular formula is C16H18N2O2S. The van der Waals surface area contributed by atoms with Crippen LogP contribution in [0, 0.1) is 0 Å². The van der Waals surface area contributed by atoms with Crippen LogP contribution in [0.5, 0.6) is 0 Å². The molecule has 1 fully saturated rings. The van der Waals surface area contributed by atoms with Crippen LogP contribution in [0.1, 0.15) is 25.3 Å². The Hall–Kier alpha value is -1.88. The number of hydrogen-bond acceptors (Lipinski definition) is 3. The normalized spacial score (nSPS) is 16.4. The van der Waals surface area contributed by atoms with E-state index < -0.39 is 0 Å². The lowest BCUT2D eigenvalue weighted by molar-refractivity contribution is -0.136. The van der Waals surface area contributed by atoms with Gasteiger partial charge in [0.1, 0.15) is 6.04 Å². The minimum absolute atomic E-state index is 0.0809. The first-order valence-electron chi connectivity index (χ1n) is 7.18. The molecule has 4 nitrogen and oxygen atoms in total. The molecule has 3 rings (SSSR count). The number of carbonyl (C=O) groups excluding carboxylic acids is 2. The molecule has 0 aliphatic carbocycles. The number of fused-ring (bicyclic) bond motifs is 1. The zero-order valence-electron chi connectivity index (χ0n) is 12.0. The predicted octanol–water partition coefficient (Wildman–Crippen LogP) is 2.53. The van der Waals surface area contributed by atoms with Gasteiger partial charge in [0.2, 0.25) is 11.8 Å². The molecule has 1 unspecified atom stereocenters. The molecule has 1 aliphatic rings. The van der Waals surface area contributed by atoms with Crippen molar-refractivity contribution in [3.8, 4) is 0 Å². The minimum atomic E-state index is -0.384. The summed E-state index contributed by atoms with van der Waals surface area (Å²) in [6.45, 7) is 2.98. The Kier molecular flexibility index (Phi) is 3.92. The topological polar surface area (TPSA) is 49.4 Å². The summed E-state index contributed by atoms with van der Waals surface area (Å²) in [4.78, 5) is 25.5. The highest BCUT2D eigenvalue weighted by atomic mass is 32.1. The number of likely N-dealkylation sites (tertiary alicyclic amines) is 1. The fourth-order valence-electron chi connectivity index (χ4n) is 2.68. The molecule has 2 heterocycles. The molecule has 0 spiro atoms. The summed E-state index contributed by atoms with van der Waals surface area (Å²) in [6, 6.07) is 7.90. The first-order chi connectivity index (χ1) is 10.1. The van der Waals surface area contributed by atoms with Gasteiger partial charge in [-0.05, 0) is 47.9 Å². The van der Waals surface area contributed by atoms with E-state index in [1.165, 1.54) is 10.1 Å². The number of benzene rings is 1. The summed E-state index contributed by atoms with van der Waals surface area (Å²) in [7, 11) is 0. The predicted molar refractivity (Wildman–Crippen MR) is 84.1 cm³/mol. The van der Waals surface area contributed by atoms with Crippen LogP contribution in [0.2, 0.25) is 0 Å². The van der Waals surface area contributed by atoms with E-state index in [0.29, 0.717) is 19.5 Å². The van der Waals surface area contributed by atoms with E-state index in [9.17, 15) is 9.59 Å². The van der Waals surface area contributed by atoms with E-state index in [1.807, 2.05) is 6.07 Å². The molecule has 0 bridgehead atoms. The first kappa shape index (κ1) is 14.1. The van der Waals surface area contributed by atoms with Gasteiger partial charge in [0.15, 0.2) is 0 Å². The van der Waals surface area contributed by atoms with Gasteiger partial charge in [-0.15, -0.1) is 11.3 Å². The number of nitrogens with zero attached hydrogens (tertiary/aromatic N) is 1. The molecule has 21 heavy (non-hydrogen) atoms. The van der Waals surface area contributed by atoms with Gasteiger partial charge < -0.3 is 10.2 Å². The molecule has 1 atom stereocenters. The lowest BCUT2D eigenvalue weighted by atomic mass is 10.1. The molecule has 2 aromatic rings. The Morgan fingerprint density at radius 1 is 1.43 bits per heavy atom. The summed E-state index contributed by atoms with van der Waals surface area (Å²) >= 11 is 1.71. The first-order valence-corrected chi connectivity index (χ1v) is 8.06. The summed E-state index contributed by atoms with van der Waals surface area (Å²) in [5, 5.41) is 6.19. The lowest BCUT2D eigenvalue weighted by Gasteiger charge is -2.23. The van der Waals surface area contributed by atoms with Crippen LogP contribution in [0.3, 0.4) is 0 Å². The monoisotopic (exact) mass is 302 g/mol. The van der Waals surface area contributed by atoms with E-state index in [4.69, 9.17) is 0 Å². The molecule has 0 radical (unpaired) electrons. The van der Waals surface area contributed by atoms with Crippen LogP contribution in [0.25, 0.3) is 10.1 Å². The second-order valence-corrected chi connectivity index (χ2v) is 6.32. The zero-order valence-corrected chi connectivity index (χ0v) is 12.8. The highest BCUT2D eigenvalue weighted by molar-refractivity contribution is 7.17. The Bertz CT molecular complexity index is 680. The molecule has 1 aromatic carbocycles. The summed E-state index contributed by atoms with van der Waals surface area (Å²) in [6.07, 6.45) is 1.41. The van der Waals surface area contributed by atoms with Gasteiger partial charge >= 0.3 is 0 Å². The quantitative estimate of drug-likeness (QED) is 0.943. The Morgan fingerprint density at radius 2 is 2.29 bits per heavy atom. The van der Waals surface area contributed by atoms with E-state index in [0.717, 1.165) is 12.0 Å². The third kappa shape index (κ3) is 2.93. The zero-order chi connectivity index (χ0) is 14.8. The van der Waals surface area contributed by atoms with Gasteiger partial charge in [-0.1, -0.05) is 6.07 Å². The molecule has 5 heteroatoms. The van der Waals surface area contributed by atoms with E-state index in [1.54, 1.807) is 23.2 Å². The molecule has 2 amide bonds. The van der Waals surface area contributed by atoms with Crippen LogP contribution in [-0.4, -0.2) is 29.3 Å². The summed E-state index contributed by atoms with van der Waals surface area (Å²) in [5.41, 5.74) is 1.08. The number of hydrogen-bond donors (Lipinski definition) is 1. The number of thiophene rings is 1. The third-order valence-electron chi connectivity index (χ3n) is 3.94. The Balaban J connectivity index is 1.61. The van der Waals surface area contributed by atoms with Gasteiger partial charge in [0, 0.05) is 24.2 Å². The van der Waals surface area contributed by atoms with E-state index >= 15 is 0 Å². The lowest BCUT2D eigenvalue weighted by Crippen LogP contribution is -2.45. The van der Waals surface area contributed by atoms with Crippen LogP contribution in [0.4, 0.5) is 0 Å². The Labute approximate surface area is 127 Å². The standard InChI is InChI=1S/C16H18N2O2S/c1-11(18-7-2-3-15(18)19)16(20)17-10-12-4-5-14-13(9-12)6-8-21-14/h4-6,8-9,11H,2-3,7,10H2,1H3,(H,17,20). The fourth-order valence-corrected chi connectivity index (χ4v) is 3.45. The fraction of sp³-hybridized carbons (Fsp3) is 0.375. The second kappa shape index (κ2) is 5.85. The molecule has 1 saturated heterocycles. The Morgan fingerprint density at radius 3 is 3.05 bits per heavy atom. The van der Waals surface area contributed by atoms with Gasteiger partial charge in [-0.3, -0.25) is 9.59 Å². The number of nitrogens with one attached hydrogen (secondary N) is 1. The maximum Gasteiger partial charge on any atom is 0.242 e. The van der Waals surface area contributed by atoms with Crippen molar-refractivity contribution in [1.29, 1.82) is 0 Å². The summed E-state index contributed by atoms with van der Waals surface area (Å²) in [5.74, 6) is -0.00647. The van der Waals surface area contributed by atoms with Crippen LogP contribution in [-0.2, 0) is 16.1 Å². The van der Waals surface area contributed by atoms with Gasteiger partial charge in [-0.2, -0.15) is 0 Å². The van der Waals surface area contributed by atoms with Crippen LogP contribution < -0.4 is 5.32 Å². The van der Waals surface area contributed by atoms with Crippen molar-refractivity contribution in [2.75, 3.05) is 6.54 Å². The van der Waals surface area contributed by atoms with Crippen molar-refractivity contribution < 1.29 is 9.59 Å². The SMILES string of the molecule is CC(C(=O)NCc1ccc2sccc2c1)N1CCCC1=O. The van der Waals surface area contributed by atoms with Crippen LogP contribution in [0.15, 0.2) is 29.6 Å². The van der Waals surface area contributed by atoms with Crippen molar-refractivity contribution >= 4 is 33.2 Å². The number of carbonyl (C=O) groups is 2. The van der Waals surface area contributed by atoms with E-state index in [-0.39, 0.29) is 17.9 Å². The molecule has 1 aromatic heterocycles. The highest BCUT2D eigenvalue weighted by Gasteiger charge is 2.29. The molecular weight excluding hydrogens is 284 g/mol. The minimum Gasteiger partial charge on any atom is -0.350 e. The number of amides is 2. The molecule has 0 saturated carbocycles. The molecule has 110 valence electrons.